The molecule has 1 amide bonds. The molecule has 0 unspecified atom stereocenters. The SMILES string of the molecule is COc1cc(CNC(=O)c2cnn(C)c2N)ccn1. The third-order valence-corrected chi connectivity index (χ3v) is 2.69. The average molecular weight is 261 g/mol. The highest BCUT2D eigenvalue weighted by molar-refractivity contribution is 5.98. The molecule has 0 bridgehead atoms. The number of nitrogens with two attached hydrogens (primary N) is 1. The van der Waals surface area contributed by atoms with Crippen molar-refractivity contribution in [3.8, 4) is 5.88 Å². The van der Waals surface area contributed by atoms with Crippen LogP contribution < -0.4 is 15.8 Å². The Hall–Kier alpha value is -2.57. The molecular formula is C12H15N5O2. The lowest BCUT2D eigenvalue weighted by Gasteiger charge is -2.06. The molecule has 3 N–H and O–H groups in total. The number of nitrogen functional groups attached to an aromatic ring is 1. The first kappa shape index (κ1) is 12.9. The Morgan fingerprint density at radius 1 is 1.58 bits per heavy atom. The molecule has 0 spiro atoms. The van der Waals surface area contributed by atoms with E-state index in [-0.39, 0.29) is 5.91 Å². The van der Waals surface area contributed by atoms with Crippen molar-refractivity contribution in [3.63, 3.8) is 0 Å². The zero-order valence-electron chi connectivity index (χ0n) is 10.8. The number of carbonyl (C=O) groups is 1. The van der Waals surface area contributed by atoms with Crippen LogP contribution in [0.2, 0.25) is 0 Å². The van der Waals surface area contributed by atoms with E-state index >= 15 is 0 Å². The summed E-state index contributed by atoms with van der Waals surface area (Å²) in [4.78, 5) is 15.9. The van der Waals surface area contributed by atoms with Gasteiger partial charge in [0.2, 0.25) is 5.88 Å². The van der Waals surface area contributed by atoms with Crippen LogP contribution >= 0.6 is 0 Å². The lowest BCUT2D eigenvalue weighted by molar-refractivity contribution is 0.0951. The van der Waals surface area contributed by atoms with Crippen LogP contribution in [0.25, 0.3) is 0 Å². The van der Waals surface area contributed by atoms with Crippen molar-refractivity contribution in [2.45, 2.75) is 6.54 Å². The average Bonchev–Trinajstić information content (AvgIpc) is 2.77. The van der Waals surface area contributed by atoms with Gasteiger partial charge in [-0.3, -0.25) is 9.48 Å². The van der Waals surface area contributed by atoms with Crippen LogP contribution in [0.5, 0.6) is 5.88 Å². The lowest BCUT2D eigenvalue weighted by atomic mass is 10.2. The van der Waals surface area contributed by atoms with E-state index in [2.05, 4.69) is 15.4 Å². The second-order valence-electron chi connectivity index (χ2n) is 3.96. The van der Waals surface area contributed by atoms with E-state index in [0.717, 1.165) is 5.56 Å². The van der Waals surface area contributed by atoms with E-state index < -0.39 is 0 Å². The highest BCUT2D eigenvalue weighted by Crippen LogP contribution is 2.11. The van der Waals surface area contributed by atoms with Gasteiger partial charge >= 0.3 is 0 Å². The molecule has 100 valence electrons. The van der Waals surface area contributed by atoms with Crippen molar-refractivity contribution < 1.29 is 9.53 Å². The van der Waals surface area contributed by atoms with Gasteiger partial charge in [0.15, 0.2) is 0 Å². The number of methoxy groups -OCH3 is 1. The molecule has 19 heavy (non-hydrogen) atoms. The van der Waals surface area contributed by atoms with Gasteiger partial charge in [0.05, 0.1) is 13.3 Å². The first-order valence-corrected chi connectivity index (χ1v) is 5.66. The van der Waals surface area contributed by atoms with Crippen molar-refractivity contribution in [2.75, 3.05) is 12.8 Å². The molecule has 0 saturated heterocycles. The van der Waals surface area contributed by atoms with Crippen LogP contribution in [0, 0.1) is 0 Å². The molecule has 0 aliphatic heterocycles. The van der Waals surface area contributed by atoms with E-state index in [0.29, 0.717) is 23.8 Å². The van der Waals surface area contributed by atoms with Gasteiger partial charge in [-0.1, -0.05) is 0 Å². The third kappa shape index (κ3) is 2.82. The van der Waals surface area contributed by atoms with E-state index in [9.17, 15) is 4.79 Å². The Bertz CT molecular complexity index is 594. The van der Waals surface area contributed by atoms with Gasteiger partial charge < -0.3 is 15.8 Å². The van der Waals surface area contributed by atoms with Crippen LogP contribution in [-0.4, -0.2) is 27.8 Å². The zero-order valence-corrected chi connectivity index (χ0v) is 10.8. The fraction of sp³-hybridized carbons (Fsp3) is 0.250. The molecule has 0 fully saturated rings. The molecular weight excluding hydrogens is 246 g/mol. The van der Waals surface area contributed by atoms with Crippen LogP contribution in [0.4, 0.5) is 5.82 Å². The van der Waals surface area contributed by atoms with Gasteiger partial charge in [0.1, 0.15) is 11.4 Å². The second-order valence-corrected chi connectivity index (χ2v) is 3.96. The Kier molecular flexibility index (Phi) is 3.65. The number of anilines is 1. The van der Waals surface area contributed by atoms with Gasteiger partial charge in [-0.25, -0.2) is 4.98 Å². The number of hydrogen-bond acceptors (Lipinski definition) is 5. The zero-order chi connectivity index (χ0) is 13.8. The number of aryl methyl sites for hydroxylation is 1. The fourth-order valence-electron chi connectivity index (χ4n) is 1.57. The lowest BCUT2D eigenvalue weighted by Crippen LogP contribution is -2.23. The number of nitrogens with one attached hydrogen (secondary N) is 1. The maximum absolute atomic E-state index is 11.9. The molecule has 0 aromatic carbocycles. The summed E-state index contributed by atoms with van der Waals surface area (Å²) in [5.74, 6) is 0.582. The number of nitrogens with zero attached hydrogens (tertiary/aromatic N) is 3. The topological polar surface area (TPSA) is 95.1 Å². The minimum Gasteiger partial charge on any atom is -0.481 e. The first-order chi connectivity index (χ1) is 9.11. The minimum atomic E-state index is -0.263. The monoisotopic (exact) mass is 261 g/mol. The van der Waals surface area contributed by atoms with Crippen LogP contribution in [0.15, 0.2) is 24.5 Å². The fourth-order valence-corrected chi connectivity index (χ4v) is 1.57. The highest BCUT2D eigenvalue weighted by atomic mass is 16.5. The molecule has 7 heteroatoms. The molecule has 2 rings (SSSR count). The van der Waals surface area contributed by atoms with E-state index in [1.807, 2.05) is 0 Å². The molecule has 2 aromatic heterocycles. The largest absolute Gasteiger partial charge is 0.481 e. The summed E-state index contributed by atoms with van der Waals surface area (Å²) in [6.45, 7) is 0.367. The normalized spacial score (nSPS) is 10.2. The number of pyridine rings is 1. The number of carbonyl (C=O) groups excluding carboxylic acids is 1. The summed E-state index contributed by atoms with van der Waals surface area (Å²) >= 11 is 0. The molecule has 0 aliphatic rings. The summed E-state index contributed by atoms with van der Waals surface area (Å²) in [7, 11) is 3.22. The smallest absolute Gasteiger partial charge is 0.256 e. The molecule has 7 nitrogen and oxygen atoms in total. The predicted octanol–water partition coefficient (Wildman–Crippen LogP) is 0.336. The number of amides is 1. The molecule has 0 aliphatic carbocycles. The van der Waals surface area contributed by atoms with Crippen molar-refractivity contribution in [2.24, 2.45) is 7.05 Å². The molecule has 2 aromatic rings. The maximum atomic E-state index is 11.9. The number of aromatic nitrogens is 3. The molecule has 0 radical (unpaired) electrons. The summed E-state index contributed by atoms with van der Waals surface area (Å²) in [5.41, 5.74) is 6.98. The summed E-state index contributed by atoms with van der Waals surface area (Å²) in [5, 5.41) is 6.69. The predicted molar refractivity (Wildman–Crippen MR) is 69.6 cm³/mol. The molecule has 2 heterocycles. The van der Waals surface area contributed by atoms with Crippen LogP contribution in [0.3, 0.4) is 0 Å². The van der Waals surface area contributed by atoms with Crippen LogP contribution in [0.1, 0.15) is 15.9 Å². The Morgan fingerprint density at radius 3 is 3.00 bits per heavy atom. The maximum Gasteiger partial charge on any atom is 0.256 e. The number of hydrogen-bond donors (Lipinski definition) is 2. The van der Waals surface area contributed by atoms with E-state index in [1.165, 1.54) is 10.9 Å². The molecule has 0 atom stereocenters. The Labute approximate surface area is 110 Å². The summed E-state index contributed by atoms with van der Waals surface area (Å²) in [6.07, 6.45) is 3.07. The van der Waals surface area contributed by atoms with Gasteiger partial charge in [0.25, 0.3) is 5.91 Å². The number of ether oxygens (including phenoxy) is 1. The van der Waals surface area contributed by atoms with E-state index in [4.69, 9.17) is 10.5 Å². The van der Waals surface area contributed by atoms with Gasteiger partial charge in [-0.05, 0) is 11.6 Å². The van der Waals surface area contributed by atoms with Crippen molar-refractivity contribution in [3.05, 3.63) is 35.7 Å². The van der Waals surface area contributed by atoms with Gasteiger partial charge in [0, 0.05) is 25.9 Å². The summed E-state index contributed by atoms with van der Waals surface area (Å²) < 4.78 is 6.46. The minimum absolute atomic E-state index is 0.263. The van der Waals surface area contributed by atoms with Crippen LogP contribution in [-0.2, 0) is 13.6 Å². The van der Waals surface area contributed by atoms with E-state index in [1.54, 1.807) is 32.5 Å². The second kappa shape index (κ2) is 5.38. The first-order valence-electron chi connectivity index (χ1n) is 5.66. The van der Waals surface area contributed by atoms with Crippen molar-refractivity contribution in [1.82, 2.24) is 20.1 Å². The van der Waals surface area contributed by atoms with Gasteiger partial charge in [-0.15, -0.1) is 0 Å². The van der Waals surface area contributed by atoms with Gasteiger partial charge in [-0.2, -0.15) is 5.10 Å². The Balaban J connectivity index is 2.02. The third-order valence-electron chi connectivity index (χ3n) is 2.69. The summed E-state index contributed by atoms with van der Waals surface area (Å²) in [6, 6.07) is 3.56. The molecule has 0 saturated carbocycles. The Morgan fingerprint density at radius 2 is 2.37 bits per heavy atom. The quantitative estimate of drug-likeness (QED) is 0.827. The van der Waals surface area contributed by atoms with Crippen molar-refractivity contribution in [1.29, 1.82) is 0 Å². The standard InChI is InChI=1S/C12H15N5O2/c1-17-11(13)9(7-16-17)12(18)15-6-8-3-4-14-10(5-8)19-2/h3-5,7H,6,13H2,1-2H3,(H,15,18). The highest BCUT2D eigenvalue weighted by Gasteiger charge is 2.13. The number of rotatable bonds is 4. The van der Waals surface area contributed by atoms with Crippen molar-refractivity contribution >= 4 is 11.7 Å².